The fourth-order valence-electron chi connectivity index (χ4n) is 3.81. The van der Waals surface area contributed by atoms with Crippen molar-refractivity contribution >= 4 is 21.6 Å². The van der Waals surface area contributed by atoms with Gasteiger partial charge in [0.1, 0.15) is 0 Å². The molecule has 1 atom stereocenters. The number of alkyl halides is 3. The summed E-state index contributed by atoms with van der Waals surface area (Å²) in [4.78, 5) is 0. The molecule has 1 spiro atoms. The van der Waals surface area contributed by atoms with E-state index >= 15 is 0 Å². The van der Waals surface area contributed by atoms with E-state index in [1.807, 2.05) is 0 Å². The van der Waals surface area contributed by atoms with Crippen molar-refractivity contribution < 1.29 is 13.2 Å². The molecular formula is C16H19BrF3N. The Morgan fingerprint density at radius 3 is 2.33 bits per heavy atom. The molecule has 2 aliphatic carbocycles. The fourth-order valence-corrected chi connectivity index (χ4v) is 4.31. The molecule has 5 heteroatoms. The second kappa shape index (κ2) is 5.49. The minimum atomic E-state index is -4.30. The molecule has 116 valence electrons. The third-order valence-electron chi connectivity index (χ3n) is 5.09. The summed E-state index contributed by atoms with van der Waals surface area (Å²) in [6, 6.07) is 4.42. The standard InChI is InChI=1S/C16H19BrF3N/c17-12-8-11(16(18,19)20)9-13(10-12)21-14-4-7-15(14)5-2-1-3-6-15/h8-10,14,21H,1-7H2. The second-order valence-electron chi connectivity index (χ2n) is 6.38. The van der Waals surface area contributed by atoms with E-state index in [4.69, 9.17) is 0 Å². The van der Waals surface area contributed by atoms with Crippen LogP contribution >= 0.6 is 15.9 Å². The number of anilines is 1. The van der Waals surface area contributed by atoms with E-state index in [9.17, 15) is 13.2 Å². The Balaban J connectivity index is 1.77. The Kier molecular flexibility index (Phi) is 3.97. The van der Waals surface area contributed by atoms with Crippen LogP contribution in [0.15, 0.2) is 22.7 Å². The first kappa shape index (κ1) is 15.2. The largest absolute Gasteiger partial charge is 0.416 e. The van der Waals surface area contributed by atoms with Crippen LogP contribution in [0.3, 0.4) is 0 Å². The van der Waals surface area contributed by atoms with Gasteiger partial charge >= 0.3 is 6.18 Å². The van der Waals surface area contributed by atoms with Gasteiger partial charge in [0.15, 0.2) is 0 Å². The zero-order valence-electron chi connectivity index (χ0n) is 11.8. The predicted molar refractivity (Wildman–Crippen MR) is 81.3 cm³/mol. The molecule has 0 bridgehead atoms. The van der Waals surface area contributed by atoms with Gasteiger partial charge in [0.25, 0.3) is 0 Å². The van der Waals surface area contributed by atoms with Crippen molar-refractivity contribution in [3.05, 3.63) is 28.2 Å². The molecule has 0 aromatic heterocycles. The van der Waals surface area contributed by atoms with E-state index < -0.39 is 11.7 Å². The van der Waals surface area contributed by atoms with Crippen molar-refractivity contribution in [3.63, 3.8) is 0 Å². The van der Waals surface area contributed by atoms with Gasteiger partial charge in [0.2, 0.25) is 0 Å². The maximum absolute atomic E-state index is 12.9. The topological polar surface area (TPSA) is 12.0 Å². The highest BCUT2D eigenvalue weighted by Crippen LogP contribution is 2.52. The number of benzene rings is 1. The first-order chi connectivity index (χ1) is 9.89. The molecule has 0 heterocycles. The average molecular weight is 362 g/mol. The van der Waals surface area contributed by atoms with Gasteiger partial charge in [-0.15, -0.1) is 0 Å². The zero-order chi connectivity index (χ0) is 15.1. The van der Waals surface area contributed by atoms with Crippen LogP contribution in [0.25, 0.3) is 0 Å². The normalized spacial score (nSPS) is 24.7. The lowest BCUT2D eigenvalue weighted by molar-refractivity contribution is -0.137. The molecule has 0 saturated heterocycles. The predicted octanol–water partition coefficient (Wildman–Crippen LogP) is 5.99. The average Bonchev–Trinajstić information content (AvgIpc) is 2.43. The van der Waals surface area contributed by atoms with Gasteiger partial charge in [0.05, 0.1) is 5.56 Å². The molecule has 21 heavy (non-hydrogen) atoms. The van der Waals surface area contributed by atoms with Gasteiger partial charge in [-0.1, -0.05) is 35.2 Å². The second-order valence-corrected chi connectivity index (χ2v) is 7.30. The molecule has 0 aliphatic heterocycles. The highest BCUT2D eigenvalue weighted by Gasteiger charge is 2.46. The summed E-state index contributed by atoms with van der Waals surface area (Å²) in [5, 5.41) is 3.36. The van der Waals surface area contributed by atoms with Crippen molar-refractivity contribution in [1.29, 1.82) is 0 Å². The number of nitrogens with one attached hydrogen (secondary N) is 1. The summed E-state index contributed by atoms with van der Waals surface area (Å²) in [6.07, 6.45) is 4.20. The SMILES string of the molecule is FC(F)(F)c1cc(Br)cc(NC2CCC23CCCCC3)c1. The van der Waals surface area contributed by atoms with Crippen LogP contribution in [0, 0.1) is 5.41 Å². The Labute approximate surface area is 131 Å². The van der Waals surface area contributed by atoms with Crippen LogP contribution in [-0.2, 0) is 6.18 Å². The van der Waals surface area contributed by atoms with Gasteiger partial charge in [-0.3, -0.25) is 0 Å². The van der Waals surface area contributed by atoms with Gasteiger partial charge < -0.3 is 5.32 Å². The Hall–Kier alpha value is -0.710. The highest BCUT2D eigenvalue weighted by atomic mass is 79.9. The van der Waals surface area contributed by atoms with E-state index in [0.717, 1.165) is 12.5 Å². The zero-order valence-corrected chi connectivity index (χ0v) is 13.4. The van der Waals surface area contributed by atoms with Crippen LogP contribution in [0.5, 0.6) is 0 Å². The molecule has 0 amide bonds. The number of rotatable bonds is 2. The van der Waals surface area contributed by atoms with E-state index in [2.05, 4.69) is 21.2 Å². The molecule has 1 nitrogen and oxygen atoms in total. The Morgan fingerprint density at radius 1 is 1.05 bits per heavy atom. The van der Waals surface area contributed by atoms with Crippen LogP contribution in [-0.4, -0.2) is 6.04 Å². The molecule has 0 radical (unpaired) electrons. The molecule has 2 fully saturated rings. The van der Waals surface area contributed by atoms with E-state index in [1.54, 1.807) is 6.07 Å². The maximum Gasteiger partial charge on any atom is 0.416 e. The van der Waals surface area contributed by atoms with Crippen LogP contribution < -0.4 is 5.32 Å². The summed E-state index contributed by atoms with van der Waals surface area (Å²) in [5.41, 5.74) is 0.307. The fraction of sp³-hybridized carbons (Fsp3) is 0.625. The van der Waals surface area contributed by atoms with Crippen molar-refractivity contribution in [3.8, 4) is 0 Å². The summed E-state index contributed by atoms with van der Waals surface area (Å²) in [6.45, 7) is 0. The minimum Gasteiger partial charge on any atom is -0.382 e. The first-order valence-corrected chi connectivity index (χ1v) is 8.33. The number of hydrogen-bond donors (Lipinski definition) is 1. The third kappa shape index (κ3) is 3.08. The van der Waals surface area contributed by atoms with E-state index in [-0.39, 0.29) is 0 Å². The van der Waals surface area contributed by atoms with Crippen molar-refractivity contribution in [2.75, 3.05) is 5.32 Å². The molecule has 2 saturated carbocycles. The molecule has 1 aromatic carbocycles. The molecule has 3 rings (SSSR count). The molecule has 1 unspecified atom stereocenters. The third-order valence-corrected chi connectivity index (χ3v) is 5.54. The highest BCUT2D eigenvalue weighted by molar-refractivity contribution is 9.10. The summed E-state index contributed by atoms with van der Waals surface area (Å²) in [7, 11) is 0. The maximum atomic E-state index is 12.9. The molecule has 2 aliphatic rings. The number of hydrogen-bond acceptors (Lipinski definition) is 1. The molecule has 1 aromatic rings. The number of halogens is 4. The van der Waals surface area contributed by atoms with E-state index in [1.165, 1.54) is 44.6 Å². The smallest absolute Gasteiger partial charge is 0.382 e. The lowest BCUT2D eigenvalue weighted by atomic mass is 9.57. The molecule has 1 N–H and O–H groups in total. The van der Waals surface area contributed by atoms with Gasteiger partial charge in [-0.05, 0) is 49.3 Å². The van der Waals surface area contributed by atoms with Crippen molar-refractivity contribution in [2.24, 2.45) is 5.41 Å². The van der Waals surface area contributed by atoms with Crippen LogP contribution in [0.2, 0.25) is 0 Å². The van der Waals surface area contributed by atoms with Gasteiger partial charge in [-0.25, -0.2) is 0 Å². The van der Waals surface area contributed by atoms with Crippen molar-refractivity contribution in [2.45, 2.75) is 57.2 Å². The quantitative estimate of drug-likeness (QED) is 0.681. The lowest BCUT2D eigenvalue weighted by Crippen LogP contribution is -2.50. The molecular weight excluding hydrogens is 343 g/mol. The summed E-state index contributed by atoms with van der Waals surface area (Å²) < 4.78 is 39.1. The minimum absolute atomic E-state index is 0.327. The Bertz CT molecular complexity index is 521. The lowest BCUT2D eigenvalue weighted by Gasteiger charge is -2.52. The van der Waals surface area contributed by atoms with Crippen LogP contribution in [0.1, 0.15) is 50.5 Å². The van der Waals surface area contributed by atoms with Crippen molar-refractivity contribution in [1.82, 2.24) is 0 Å². The first-order valence-electron chi connectivity index (χ1n) is 7.53. The van der Waals surface area contributed by atoms with E-state index in [0.29, 0.717) is 21.6 Å². The summed E-state index contributed by atoms with van der Waals surface area (Å²) >= 11 is 3.18. The van der Waals surface area contributed by atoms with Gasteiger partial charge in [0, 0.05) is 16.2 Å². The monoisotopic (exact) mass is 361 g/mol. The summed E-state index contributed by atoms with van der Waals surface area (Å²) in [5.74, 6) is 0. The van der Waals surface area contributed by atoms with Crippen LogP contribution in [0.4, 0.5) is 18.9 Å². The van der Waals surface area contributed by atoms with Gasteiger partial charge in [-0.2, -0.15) is 13.2 Å². The Morgan fingerprint density at radius 2 is 1.76 bits per heavy atom.